The first-order valence-corrected chi connectivity index (χ1v) is 19.1. The van der Waals surface area contributed by atoms with Gasteiger partial charge in [-0.1, -0.05) is 129 Å². The summed E-state index contributed by atoms with van der Waals surface area (Å²) in [6, 6.07) is 37.2. The van der Waals surface area contributed by atoms with E-state index in [1.165, 1.54) is 10.5 Å². The van der Waals surface area contributed by atoms with E-state index in [4.69, 9.17) is 14.2 Å². The van der Waals surface area contributed by atoms with E-state index in [-0.39, 0.29) is 35.7 Å². The fourth-order valence-corrected chi connectivity index (χ4v) is 6.49. The molecule has 7 heteroatoms. The Bertz CT molecular complexity index is 1770. The van der Waals surface area contributed by atoms with Crippen molar-refractivity contribution in [1.82, 2.24) is 4.90 Å². The maximum Gasteiger partial charge on any atom is 0.261 e. The topological polar surface area (TPSA) is 82.1 Å². The monoisotopic (exact) mass is 727 g/mol. The molecule has 0 saturated heterocycles. The van der Waals surface area contributed by atoms with Crippen molar-refractivity contribution in [3.8, 4) is 0 Å². The molecule has 0 radical (unpaired) electrons. The number of ketones is 1. The largest absolute Gasteiger partial charge is 0.376 e. The normalized spacial score (nSPS) is 15.1. The van der Waals surface area contributed by atoms with Crippen molar-refractivity contribution < 1.29 is 28.6 Å². The lowest BCUT2D eigenvalue weighted by Gasteiger charge is -2.23. The number of rotatable bonds is 23. The maximum absolute atomic E-state index is 13.0. The number of fused-ring (bicyclic) bond motifs is 1. The summed E-state index contributed by atoms with van der Waals surface area (Å²) in [5, 5.41) is 0. The molecule has 0 aromatic heterocycles. The smallest absolute Gasteiger partial charge is 0.261 e. The van der Waals surface area contributed by atoms with Crippen molar-refractivity contribution in [2.24, 2.45) is 11.8 Å². The van der Waals surface area contributed by atoms with E-state index in [0.29, 0.717) is 69.3 Å². The van der Waals surface area contributed by atoms with Gasteiger partial charge >= 0.3 is 0 Å². The molecule has 0 fully saturated rings. The highest BCUT2D eigenvalue weighted by molar-refractivity contribution is 6.21. The highest BCUT2D eigenvalue weighted by Crippen LogP contribution is 2.24. The Morgan fingerprint density at radius 2 is 1.19 bits per heavy atom. The lowest BCUT2D eigenvalue weighted by Crippen LogP contribution is -2.32. The van der Waals surface area contributed by atoms with Gasteiger partial charge in [0.2, 0.25) is 0 Å². The van der Waals surface area contributed by atoms with Crippen molar-refractivity contribution in [1.29, 1.82) is 0 Å². The molecule has 1 aliphatic heterocycles. The van der Waals surface area contributed by atoms with Crippen LogP contribution in [-0.4, -0.2) is 47.9 Å². The molecule has 4 atom stereocenters. The molecule has 54 heavy (non-hydrogen) atoms. The lowest BCUT2D eigenvalue weighted by molar-refractivity contribution is -0.110. The van der Waals surface area contributed by atoms with Crippen molar-refractivity contribution in [2.75, 3.05) is 13.2 Å². The molecule has 5 rings (SSSR count). The van der Waals surface area contributed by atoms with Gasteiger partial charge in [0, 0.05) is 19.1 Å². The molecule has 7 nitrogen and oxygen atoms in total. The van der Waals surface area contributed by atoms with Crippen LogP contribution < -0.4 is 0 Å². The molecule has 1 aliphatic rings. The average molecular weight is 728 g/mol. The lowest BCUT2D eigenvalue weighted by atomic mass is 9.98. The molecule has 0 unspecified atom stereocenters. The molecular weight excluding hydrogens is 675 g/mol. The Hall–Kier alpha value is -4.95. The van der Waals surface area contributed by atoms with Crippen LogP contribution in [0.1, 0.15) is 83.4 Å². The predicted octanol–water partition coefficient (Wildman–Crippen LogP) is 9.57. The van der Waals surface area contributed by atoms with Gasteiger partial charge < -0.3 is 14.2 Å². The van der Waals surface area contributed by atoms with Crippen LogP contribution in [0.4, 0.5) is 0 Å². The van der Waals surface area contributed by atoms with E-state index in [2.05, 4.69) is 31.2 Å². The molecule has 282 valence electrons. The standard InChI is InChI=1S/C47H53NO6/c1-36(32-52-33-38-16-6-3-7-17-38)27-30-42(53-34-39-18-8-4-9-19-39)23-14-22-41(49)29-28-37(2)45(54-35-40-20-10-5-11-21-40)26-15-31-48-46(50)43-24-12-13-25-44(43)47(48)51/h3-14,16-22,24-25,28-29,36-37,42,45H,15,23,26-27,30-35H2,1-2H3/b22-14+,29-28+/t36-,37-,42-,45+/m0/s1. The molecule has 0 N–H and O–H groups in total. The van der Waals surface area contributed by atoms with Crippen LogP contribution in [0.5, 0.6) is 0 Å². The summed E-state index contributed by atoms with van der Waals surface area (Å²) in [4.78, 5) is 40.1. The molecule has 0 aliphatic carbocycles. The van der Waals surface area contributed by atoms with Gasteiger partial charge in [-0.3, -0.25) is 19.3 Å². The molecule has 4 aromatic rings. The van der Waals surface area contributed by atoms with Gasteiger partial charge in [0.1, 0.15) is 0 Å². The molecular formula is C47H53NO6. The van der Waals surface area contributed by atoms with Gasteiger partial charge in [0.25, 0.3) is 11.8 Å². The van der Waals surface area contributed by atoms with Crippen LogP contribution in [0.25, 0.3) is 0 Å². The second kappa shape index (κ2) is 21.7. The number of amides is 2. The summed E-state index contributed by atoms with van der Waals surface area (Å²) < 4.78 is 18.7. The molecule has 1 heterocycles. The third-order valence-electron chi connectivity index (χ3n) is 9.71. The van der Waals surface area contributed by atoms with Gasteiger partial charge in [0.15, 0.2) is 5.78 Å². The Balaban J connectivity index is 1.13. The van der Waals surface area contributed by atoms with Gasteiger partial charge in [-0.05, 0) is 79.0 Å². The van der Waals surface area contributed by atoms with E-state index >= 15 is 0 Å². The Kier molecular flexibility index (Phi) is 16.2. The number of ether oxygens (including phenoxy) is 3. The van der Waals surface area contributed by atoms with Crippen molar-refractivity contribution >= 4 is 17.6 Å². The van der Waals surface area contributed by atoms with E-state index in [1.807, 2.05) is 85.8 Å². The summed E-state index contributed by atoms with van der Waals surface area (Å²) in [6.07, 6.45) is 10.4. The number of hydrogen-bond acceptors (Lipinski definition) is 6. The number of imide groups is 1. The predicted molar refractivity (Wildman–Crippen MR) is 213 cm³/mol. The minimum atomic E-state index is -0.252. The van der Waals surface area contributed by atoms with Crippen molar-refractivity contribution in [2.45, 2.75) is 78.0 Å². The fraction of sp³-hybridized carbons (Fsp3) is 0.340. The van der Waals surface area contributed by atoms with Crippen LogP contribution in [0.2, 0.25) is 0 Å². The highest BCUT2D eigenvalue weighted by Gasteiger charge is 2.34. The van der Waals surface area contributed by atoms with Gasteiger partial charge in [-0.15, -0.1) is 0 Å². The number of carbonyl (C=O) groups is 3. The number of allylic oxidation sites excluding steroid dienone is 2. The quantitative estimate of drug-likeness (QED) is 0.0559. The first-order valence-electron chi connectivity index (χ1n) is 19.1. The molecule has 4 aromatic carbocycles. The van der Waals surface area contributed by atoms with Crippen LogP contribution in [0.3, 0.4) is 0 Å². The zero-order chi connectivity index (χ0) is 38.0. The Morgan fingerprint density at radius 1 is 0.648 bits per heavy atom. The zero-order valence-electron chi connectivity index (χ0n) is 31.6. The number of nitrogens with zero attached hydrogens (tertiary/aromatic N) is 1. The van der Waals surface area contributed by atoms with Gasteiger partial charge in [-0.25, -0.2) is 0 Å². The first-order chi connectivity index (χ1) is 26.4. The molecule has 0 spiro atoms. The second-order valence-electron chi connectivity index (χ2n) is 14.1. The van der Waals surface area contributed by atoms with Gasteiger partial charge in [0.05, 0.1) is 43.2 Å². The summed E-state index contributed by atoms with van der Waals surface area (Å²) in [5.74, 6) is -0.313. The van der Waals surface area contributed by atoms with E-state index in [0.717, 1.165) is 24.0 Å². The van der Waals surface area contributed by atoms with E-state index < -0.39 is 0 Å². The summed E-state index contributed by atoms with van der Waals surface area (Å²) in [7, 11) is 0. The average Bonchev–Trinajstić information content (AvgIpc) is 3.45. The Morgan fingerprint density at radius 3 is 1.78 bits per heavy atom. The number of carbonyl (C=O) groups excluding carboxylic acids is 3. The fourth-order valence-electron chi connectivity index (χ4n) is 6.49. The molecule has 0 saturated carbocycles. The van der Waals surface area contributed by atoms with E-state index in [1.54, 1.807) is 36.4 Å². The Labute approximate surface area is 320 Å². The van der Waals surface area contributed by atoms with Gasteiger partial charge in [-0.2, -0.15) is 0 Å². The van der Waals surface area contributed by atoms with Crippen LogP contribution in [-0.2, 0) is 38.8 Å². The van der Waals surface area contributed by atoms with Crippen molar-refractivity contribution in [3.63, 3.8) is 0 Å². The third kappa shape index (κ3) is 12.9. The third-order valence-corrected chi connectivity index (χ3v) is 9.71. The maximum atomic E-state index is 13.0. The first kappa shape index (κ1) is 40.2. The minimum absolute atomic E-state index is 0.0355. The van der Waals surface area contributed by atoms with Crippen LogP contribution in [0, 0.1) is 11.8 Å². The van der Waals surface area contributed by atoms with Crippen LogP contribution >= 0.6 is 0 Å². The second-order valence-corrected chi connectivity index (χ2v) is 14.1. The molecule has 0 bridgehead atoms. The summed E-state index contributed by atoms with van der Waals surface area (Å²) in [6.45, 7) is 6.76. The molecule has 2 amide bonds. The number of benzene rings is 4. The summed E-state index contributed by atoms with van der Waals surface area (Å²) in [5.41, 5.74) is 4.24. The zero-order valence-corrected chi connectivity index (χ0v) is 31.6. The minimum Gasteiger partial charge on any atom is -0.376 e. The summed E-state index contributed by atoms with van der Waals surface area (Å²) >= 11 is 0. The SMILES string of the molecule is C[C@@H](CC[C@H](C/C=C/C(=O)/C=C/[C@H](C)[C@@H](CCCN1C(=O)c2ccccc2C1=O)OCc1ccccc1)OCc1ccccc1)COCc1ccccc1. The van der Waals surface area contributed by atoms with E-state index in [9.17, 15) is 14.4 Å². The van der Waals surface area contributed by atoms with Crippen LogP contribution in [0.15, 0.2) is 140 Å². The highest BCUT2D eigenvalue weighted by atomic mass is 16.5. The van der Waals surface area contributed by atoms with Crippen molar-refractivity contribution in [3.05, 3.63) is 167 Å². The number of hydrogen-bond donors (Lipinski definition) is 0.